The normalized spacial score (nSPS) is 11.9. The van der Waals surface area contributed by atoms with E-state index < -0.39 is 17.5 Å². The second-order valence-electron chi connectivity index (χ2n) is 6.69. The highest BCUT2D eigenvalue weighted by atomic mass is 19.1. The van der Waals surface area contributed by atoms with Gasteiger partial charge in [0.2, 0.25) is 5.91 Å². The average Bonchev–Trinajstić information content (AvgIpc) is 2.64. The lowest BCUT2D eigenvalue weighted by Crippen LogP contribution is -2.40. The van der Waals surface area contributed by atoms with E-state index in [1.807, 2.05) is 38.1 Å². The number of hydrogen-bond acceptors (Lipinski definition) is 2. The standard InChI is InChI=1S/C21H24F2N2O2/c1-4-14-5-7-15(8-6-14)20(13(2)3)25-19(26)12-24-21(27)17-10-9-16(22)11-18(17)23/h5-11,13,20H,4,12H2,1-3H3,(H,24,27)(H,25,26). The molecule has 0 aromatic heterocycles. The summed E-state index contributed by atoms with van der Waals surface area (Å²) in [6, 6.07) is 10.5. The van der Waals surface area contributed by atoms with Crippen molar-refractivity contribution in [3.63, 3.8) is 0 Å². The highest BCUT2D eigenvalue weighted by Crippen LogP contribution is 2.22. The Morgan fingerprint density at radius 3 is 2.26 bits per heavy atom. The molecule has 0 heterocycles. The van der Waals surface area contributed by atoms with Gasteiger partial charge in [0, 0.05) is 6.07 Å². The fourth-order valence-corrected chi connectivity index (χ4v) is 2.75. The molecule has 0 aliphatic carbocycles. The molecule has 0 fully saturated rings. The highest BCUT2D eigenvalue weighted by molar-refractivity contribution is 5.96. The van der Waals surface area contributed by atoms with Gasteiger partial charge in [0.1, 0.15) is 11.6 Å². The van der Waals surface area contributed by atoms with Crippen LogP contribution in [0.15, 0.2) is 42.5 Å². The van der Waals surface area contributed by atoms with E-state index in [-0.39, 0.29) is 30.0 Å². The van der Waals surface area contributed by atoms with E-state index in [1.54, 1.807) is 0 Å². The van der Waals surface area contributed by atoms with Crippen LogP contribution in [-0.4, -0.2) is 18.4 Å². The van der Waals surface area contributed by atoms with Crippen molar-refractivity contribution in [2.45, 2.75) is 33.2 Å². The fraction of sp³-hybridized carbons (Fsp3) is 0.333. The van der Waals surface area contributed by atoms with Crippen LogP contribution in [0, 0.1) is 17.6 Å². The number of nitrogens with one attached hydrogen (secondary N) is 2. The van der Waals surface area contributed by atoms with Gasteiger partial charge in [-0.2, -0.15) is 0 Å². The number of carbonyl (C=O) groups is 2. The maximum absolute atomic E-state index is 13.6. The molecular weight excluding hydrogens is 350 g/mol. The molecule has 2 rings (SSSR count). The Labute approximate surface area is 158 Å². The molecule has 144 valence electrons. The van der Waals surface area contributed by atoms with Gasteiger partial charge in [-0.25, -0.2) is 8.78 Å². The van der Waals surface area contributed by atoms with Crippen LogP contribution in [0.1, 0.15) is 48.3 Å². The number of hydrogen-bond donors (Lipinski definition) is 2. The van der Waals surface area contributed by atoms with Gasteiger partial charge in [0.05, 0.1) is 18.2 Å². The summed E-state index contributed by atoms with van der Waals surface area (Å²) in [6.07, 6.45) is 0.935. The first-order chi connectivity index (χ1) is 12.8. The van der Waals surface area contributed by atoms with Crippen LogP contribution in [-0.2, 0) is 11.2 Å². The summed E-state index contributed by atoms with van der Waals surface area (Å²) in [7, 11) is 0. The third-order valence-corrected chi connectivity index (χ3v) is 4.32. The predicted molar refractivity (Wildman–Crippen MR) is 100 cm³/mol. The van der Waals surface area contributed by atoms with Crippen molar-refractivity contribution >= 4 is 11.8 Å². The van der Waals surface area contributed by atoms with E-state index in [1.165, 1.54) is 5.56 Å². The Kier molecular flexibility index (Phi) is 7.05. The third kappa shape index (κ3) is 5.61. The maximum atomic E-state index is 13.6. The molecule has 0 spiro atoms. The molecule has 27 heavy (non-hydrogen) atoms. The molecule has 2 aromatic carbocycles. The number of benzene rings is 2. The van der Waals surface area contributed by atoms with Gasteiger partial charge >= 0.3 is 0 Å². The van der Waals surface area contributed by atoms with Crippen molar-refractivity contribution in [1.29, 1.82) is 0 Å². The number of aryl methyl sites for hydroxylation is 1. The van der Waals surface area contributed by atoms with Gasteiger partial charge in [-0.15, -0.1) is 0 Å². The summed E-state index contributed by atoms with van der Waals surface area (Å²) in [5, 5.41) is 5.25. The number of rotatable bonds is 7. The Hall–Kier alpha value is -2.76. The predicted octanol–water partition coefficient (Wildman–Crippen LogP) is 3.77. The van der Waals surface area contributed by atoms with Gasteiger partial charge in [0.25, 0.3) is 5.91 Å². The highest BCUT2D eigenvalue weighted by Gasteiger charge is 2.19. The van der Waals surface area contributed by atoms with Crippen molar-refractivity contribution in [3.05, 3.63) is 70.8 Å². The zero-order valence-electron chi connectivity index (χ0n) is 15.7. The van der Waals surface area contributed by atoms with Crippen molar-refractivity contribution in [2.24, 2.45) is 5.92 Å². The second kappa shape index (κ2) is 9.26. The van der Waals surface area contributed by atoms with Crippen molar-refractivity contribution in [2.75, 3.05) is 6.54 Å². The molecule has 0 saturated heterocycles. The molecule has 4 nitrogen and oxygen atoms in total. The lowest BCUT2D eigenvalue weighted by atomic mass is 9.95. The zero-order valence-corrected chi connectivity index (χ0v) is 15.7. The molecule has 0 aliphatic heterocycles. The molecule has 0 aliphatic rings. The SMILES string of the molecule is CCc1ccc(C(NC(=O)CNC(=O)c2ccc(F)cc2F)C(C)C)cc1. The first-order valence-corrected chi connectivity index (χ1v) is 8.93. The lowest BCUT2D eigenvalue weighted by Gasteiger charge is -2.23. The van der Waals surface area contributed by atoms with Crippen LogP contribution >= 0.6 is 0 Å². The third-order valence-electron chi connectivity index (χ3n) is 4.32. The summed E-state index contributed by atoms with van der Waals surface area (Å²) in [6.45, 7) is 5.76. The molecule has 6 heteroatoms. The molecule has 1 atom stereocenters. The molecule has 0 bridgehead atoms. The molecule has 2 N–H and O–H groups in total. The average molecular weight is 374 g/mol. The zero-order chi connectivity index (χ0) is 20.0. The Bertz CT molecular complexity index is 804. The van der Waals surface area contributed by atoms with Gasteiger partial charge in [-0.3, -0.25) is 9.59 Å². The first kappa shape index (κ1) is 20.6. The molecule has 1 unspecified atom stereocenters. The number of carbonyl (C=O) groups excluding carboxylic acids is 2. The van der Waals surface area contributed by atoms with E-state index in [4.69, 9.17) is 0 Å². The van der Waals surface area contributed by atoms with E-state index in [0.717, 1.165) is 24.1 Å². The van der Waals surface area contributed by atoms with E-state index >= 15 is 0 Å². The summed E-state index contributed by atoms with van der Waals surface area (Å²) in [5.74, 6) is -2.74. The second-order valence-corrected chi connectivity index (χ2v) is 6.69. The summed E-state index contributed by atoms with van der Waals surface area (Å²) in [5.41, 5.74) is 1.88. The van der Waals surface area contributed by atoms with E-state index in [0.29, 0.717) is 6.07 Å². The topological polar surface area (TPSA) is 58.2 Å². The lowest BCUT2D eigenvalue weighted by molar-refractivity contribution is -0.121. The van der Waals surface area contributed by atoms with E-state index in [9.17, 15) is 18.4 Å². The summed E-state index contributed by atoms with van der Waals surface area (Å²) in [4.78, 5) is 24.2. The molecule has 2 aromatic rings. The fourth-order valence-electron chi connectivity index (χ4n) is 2.75. The summed E-state index contributed by atoms with van der Waals surface area (Å²) >= 11 is 0. The smallest absolute Gasteiger partial charge is 0.254 e. The molecule has 0 saturated carbocycles. The Morgan fingerprint density at radius 2 is 1.70 bits per heavy atom. The minimum Gasteiger partial charge on any atom is -0.348 e. The van der Waals surface area contributed by atoms with Crippen LogP contribution in [0.2, 0.25) is 0 Å². The Balaban J connectivity index is 1.98. The number of amides is 2. The monoisotopic (exact) mass is 374 g/mol. The minimum atomic E-state index is -0.969. The van der Waals surface area contributed by atoms with Crippen LogP contribution < -0.4 is 10.6 Å². The van der Waals surface area contributed by atoms with Gasteiger partial charge < -0.3 is 10.6 Å². The molecule has 0 radical (unpaired) electrons. The first-order valence-electron chi connectivity index (χ1n) is 8.93. The molecule has 2 amide bonds. The van der Waals surface area contributed by atoms with Gasteiger partial charge in [-0.1, -0.05) is 45.0 Å². The minimum absolute atomic E-state index is 0.145. The van der Waals surface area contributed by atoms with Crippen molar-refractivity contribution in [3.8, 4) is 0 Å². The Morgan fingerprint density at radius 1 is 1.04 bits per heavy atom. The van der Waals surface area contributed by atoms with Crippen molar-refractivity contribution < 1.29 is 18.4 Å². The van der Waals surface area contributed by atoms with Crippen LogP contribution in [0.25, 0.3) is 0 Å². The number of halogens is 2. The summed E-state index contributed by atoms with van der Waals surface area (Å²) < 4.78 is 26.5. The maximum Gasteiger partial charge on any atom is 0.254 e. The van der Waals surface area contributed by atoms with Gasteiger partial charge in [-0.05, 0) is 35.6 Å². The quantitative estimate of drug-likeness (QED) is 0.775. The van der Waals surface area contributed by atoms with Gasteiger partial charge in [0.15, 0.2) is 0 Å². The van der Waals surface area contributed by atoms with Crippen LogP contribution in [0.3, 0.4) is 0 Å². The van der Waals surface area contributed by atoms with Crippen molar-refractivity contribution in [1.82, 2.24) is 10.6 Å². The largest absolute Gasteiger partial charge is 0.348 e. The van der Waals surface area contributed by atoms with E-state index in [2.05, 4.69) is 17.6 Å². The molecular formula is C21H24F2N2O2. The van der Waals surface area contributed by atoms with Crippen LogP contribution in [0.5, 0.6) is 0 Å². The van der Waals surface area contributed by atoms with Crippen LogP contribution in [0.4, 0.5) is 8.78 Å².